The summed E-state index contributed by atoms with van der Waals surface area (Å²) in [7, 11) is 1.28. The van der Waals surface area contributed by atoms with Gasteiger partial charge in [-0.05, 0) is 13.8 Å². The number of nitrogens with one attached hydrogen (secondary N) is 1. The van der Waals surface area contributed by atoms with Gasteiger partial charge in [0.05, 0.1) is 18.3 Å². The van der Waals surface area contributed by atoms with E-state index in [-0.39, 0.29) is 5.57 Å². The molecule has 1 rings (SSSR count). The van der Waals surface area contributed by atoms with Crippen LogP contribution in [0.4, 0.5) is 0 Å². The van der Waals surface area contributed by atoms with E-state index in [2.05, 4.69) is 10.1 Å². The maximum atomic E-state index is 11.5. The second-order valence-corrected chi connectivity index (χ2v) is 3.72. The third-order valence-corrected chi connectivity index (χ3v) is 2.68. The number of hydrogen-bond donors (Lipinski definition) is 2. The van der Waals surface area contributed by atoms with Crippen LogP contribution in [0.3, 0.4) is 0 Å². The minimum absolute atomic E-state index is 0.200. The second-order valence-electron chi connectivity index (χ2n) is 3.72. The molecule has 88 valence electrons. The zero-order valence-electron chi connectivity index (χ0n) is 9.75. The van der Waals surface area contributed by atoms with Gasteiger partial charge in [0, 0.05) is 17.3 Å². The van der Waals surface area contributed by atoms with Crippen molar-refractivity contribution in [2.24, 2.45) is 5.92 Å². The first kappa shape index (κ1) is 12.3. The van der Waals surface area contributed by atoms with E-state index < -0.39 is 17.9 Å². The van der Waals surface area contributed by atoms with Crippen molar-refractivity contribution in [2.75, 3.05) is 7.11 Å². The Morgan fingerprint density at radius 2 is 1.75 bits per heavy atom. The summed E-state index contributed by atoms with van der Waals surface area (Å²) >= 11 is 0. The van der Waals surface area contributed by atoms with Crippen LogP contribution in [0, 0.1) is 5.92 Å². The number of hydrogen-bond acceptors (Lipinski definition) is 4. The molecule has 0 amide bonds. The molecule has 0 aromatic rings. The smallest absolute Gasteiger partial charge is 0.336 e. The van der Waals surface area contributed by atoms with Gasteiger partial charge in [0.15, 0.2) is 0 Å². The summed E-state index contributed by atoms with van der Waals surface area (Å²) < 4.78 is 4.64. The van der Waals surface area contributed by atoms with Crippen molar-refractivity contribution in [1.29, 1.82) is 0 Å². The van der Waals surface area contributed by atoms with Gasteiger partial charge in [-0.1, -0.05) is 6.92 Å². The average molecular weight is 225 g/mol. The minimum atomic E-state index is -1.02. The summed E-state index contributed by atoms with van der Waals surface area (Å²) in [6.07, 6.45) is 0. The fraction of sp³-hybridized carbons (Fsp3) is 0.455. The Labute approximate surface area is 93.8 Å². The van der Waals surface area contributed by atoms with Crippen LogP contribution in [0.1, 0.15) is 20.8 Å². The van der Waals surface area contributed by atoms with Gasteiger partial charge in [-0.2, -0.15) is 0 Å². The van der Waals surface area contributed by atoms with E-state index in [1.165, 1.54) is 7.11 Å². The van der Waals surface area contributed by atoms with Crippen molar-refractivity contribution >= 4 is 11.9 Å². The van der Waals surface area contributed by atoms with Gasteiger partial charge in [0.1, 0.15) is 0 Å². The molecule has 1 aliphatic heterocycles. The van der Waals surface area contributed by atoms with Crippen molar-refractivity contribution in [2.45, 2.75) is 20.8 Å². The quantitative estimate of drug-likeness (QED) is 0.686. The minimum Gasteiger partial charge on any atom is -0.478 e. The molecule has 0 aromatic heterocycles. The van der Waals surface area contributed by atoms with Gasteiger partial charge in [0.2, 0.25) is 0 Å². The number of allylic oxidation sites excluding steroid dienone is 2. The van der Waals surface area contributed by atoms with E-state index >= 15 is 0 Å². The van der Waals surface area contributed by atoms with Gasteiger partial charge in [-0.15, -0.1) is 0 Å². The molecule has 0 fully saturated rings. The first-order valence-electron chi connectivity index (χ1n) is 4.90. The molecule has 5 heteroatoms. The normalized spacial score (nSPS) is 20.6. The average Bonchev–Trinajstić information content (AvgIpc) is 2.15. The lowest BCUT2D eigenvalue weighted by atomic mass is 9.87. The number of esters is 1. The first-order chi connectivity index (χ1) is 7.40. The van der Waals surface area contributed by atoms with Crippen LogP contribution < -0.4 is 5.32 Å². The molecule has 0 spiro atoms. The zero-order chi connectivity index (χ0) is 12.5. The molecular weight excluding hydrogens is 210 g/mol. The molecule has 0 saturated heterocycles. The van der Waals surface area contributed by atoms with E-state index in [1.54, 1.807) is 20.8 Å². The number of methoxy groups -OCH3 is 1. The molecule has 0 aromatic carbocycles. The van der Waals surface area contributed by atoms with Gasteiger partial charge < -0.3 is 15.2 Å². The molecule has 1 atom stereocenters. The predicted molar refractivity (Wildman–Crippen MR) is 57.4 cm³/mol. The van der Waals surface area contributed by atoms with Crippen LogP contribution in [0.15, 0.2) is 22.5 Å². The second kappa shape index (κ2) is 4.38. The summed E-state index contributed by atoms with van der Waals surface area (Å²) in [5.74, 6) is -1.98. The lowest BCUT2D eigenvalue weighted by Gasteiger charge is -2.26. The lowest BCUT2D eigenvalue weighted by molar-refractivity contribution is -0.136. The first-order valence-corrected chi connectivity index (χ1v) is 4.90. The zero-order valence-corrected chi connectivity index (χ0v) is 9.75. The maximum absolute atomic E-state index is 11.5. The highest BCUT2D eigenvalue weighted by Gasteiger charge is 2.32. The lowest BCUT2D eigenvalue weighted by Crippen LogP contribution is -2.31. The number of aliphatic carboxylic acids is 1. The van der Waals surface area contributed by atoms with Crippen LogP contribution in [0.25, 0.3) is 0 Å². The largest absolute Gasteiger partial charge is 0.478 e. The van der Waals surface area contributed by atoms with Crippen LogP contribution in [0.5, 0.6) is 0 Å². The Bertz CT molecular complexity index is 406. The van der Waals surface area contributed by atoms with Crippen molar-refractivity contribution in [3.63, 3.8) is 0 Å². The molecule has 0 bridgehead atoms. The number of rotatable bonds is 2. The SMILES string of the molecule is COC(=O)C1=C(C)NC(C)=C(C(=O)O)C1C. The molecule has 2 N–H and O–H groups in total. The van der Waals surface area contributed by atoms with E-state index in [4.69, 9.17) is 5.11 Å². The number of carbonyl (C=O) groups excluding carboxylic acids is 1. The number of carbonyl (C=O) groups is 2. The maximum Gasteiger partial charge on any atom is 0.336 e. The third-order valence-electron chi connectivity index (χ3n) is 2.68. The van der Waals surface area contributed by atoms with Gasteiger partial charge in [-0.3, -0.25) is 0 Å². The fourth-order valence-corrected chi connectivity index (χ4v) is 2.00. The summed E-state index contributed by atoms with van der Waals surface area (Å²) in [5.41, 5.74) is 1.77. The van der Waals surface area contributed by atoms with E-state index in [0.29, 0.717) is 17.0 Å². The van der Waals surface area contributed by atoms with Crippen LogP contribution in [0.2, 0.25) is 0 Å². The molecule has 1 aliphatic rings. The Hall–Kier alpha value is -1.78. The predicted octanol–water partition coefficient (Wildman–Crippen LogP) is 1.03. The molecule has 16 heavy (non-hydrogen) atoms. The van der Waals surface area contributed by atoms with Crippen LogP contribution in [-0.2, 0) is 14.3 Å². The number of carboxylic acid groups (broad SMARTS) is 1. The highest BCUT2D eigenvalue weighted by atomic mass is 16.5. The molecular formula is C11H15NO4. The summed E-state index contributed by atoms with van der Waals surface area (Å²) in [6, 6.07) is 0. The molecule has 0 aliphatic carbocycles. The van der Waals surface area contributed by atoms with Crippen molar-refractivity contribution in [1.82, 2.24) is 5.32 Å². The Kier molecular flexibility index (Phi) is 3.37. The standard InChI is InChI=1S/C11H15NO4/c1-5-8(10(13)14)6(2)12-7(3)9(5)11(15)16-4/h5,12H,1-4H3,(H,13,14). The fourth-order valence-electron chi connectivity index (χ4n) is 2.00. The highest BCUT2D eigenvalue weighted by Crippen LogP contribution is 2.29. The Balaban J connectivity index is 3.19. The monoisotopic (exact) mass is 225 g/mol. The van der Waals surface area contributed by atoms with E-state index in [0.717, 1.165) is 0 Å². The summed E-state index contributed by atoms with van der Waals surface area (Å²) in [4.78, 5) is 22.6. The Morgan fingerprint density at radius 3 is 2.19 bits per heavy atom. The summed E-state index contributed by atoms with van der Waals surface area (Å²) in [5, 5.41) is 11.9. The van der Waals surface area contributed by atoms with Gasteiger partial charge >= 0.3 is 11.9 Å². The van der Waals surface area contributed by atoms with E-state index in [9.17, 15) is 9.59 Å². The highest BCUT2D eigenvalue weighted by molar-refractivity contribution is 5.96. The van der Waals surface area contributed by atoms with E-state index in [1.807, 2.05) is 0 Å². The molecule has 1 unspecified atom stereocenters. The van der Waals surface area contributed by atoms with Gasteiger partial charge in [0.25, 0.3) is 0 Å². The molecule has 5 nitrogen and oxygen atoms in total. The van der Waals surface area contributed by atoms with Crippen molar-refractivity contribution < 1.29 is 19.4 Å². The molecule has 1 heterocycles. The number of carboxylic acids is 1. The number of dihydropyridines is 1. The summed E-state index contributed by atoms with van der Waals surface area (Å²) in [6.45, 7) is 5.09. The molecule has 0 saturated carbocycles. The van der Waals surface area contributed by atoms with Gasteiger partial charge in [-0.25, -0.2) is 9.59 Å². The molecule has 0 radical (unpaired) electrons. The Morgan fingerprint density at radius 1 is 1.25 bits per heavy atom. The van der Waals surface area contributed by atoms with Crippen molar-refractivity contribution in [3.8, 4) is 0 Å². The third kappa shape index (κ3) is 1.93. The van der Waals surface area contributed by atoms with Crippen molar-refractivity contribution in [3.05, 3.63) is 22.5 Å². The van der Waals surface area contributed by atoms with Crippen LogP contribution in [-0.4, -0.2) is 24.2 Å². The number of ether oxygens (including phenoxy) is 1. The topological polar surface area (TPSA) is 75.6 Å². The van der Waals surface area contributed by atoms with Crippen LogP contribution >= 0.6 is 0 Å².